The van der Waals surface area contributed by atoms with E-state index in [0.29, 0.717) is 32.7 Å². The van der Waals surface area contributed by atoms with Crippen LogP contribution in [-0.4, -0.2) is 37.6 Å². The second-order valence-corrected chi connectivity index (χ2v) is 5.98. The molecule has 1 N–H and O–H groups in total. The van der Waals surface area contributed by atoms with E-state index in [0.717, 1.165) is 16.9 Å². The van der Waals surface area contributed by atoms with E-state index in [9.17, 15) is 9.18 Å². The quantitative estimate of drug-likeness (QED) is 0.760. The Morgan fingerprint density at radius 1 is 1.08 bits per heavy atom. The highest BCUT2D eigenvalue weighted by Crippen LogP contribution is 2.13. The molecule has 4 nitrogen and oxygen atoms in total. The van der Waals surface area contributed by atoms with Crippen LogP contribution in [-0.2, 0) is 17.8 Å². The third kappa shape index (κ3) is 6.93. The second kappa shape index (κ2) is 9.79. The maximum Gasteiger partial charge on any atom is 0.234 e. The van der Waals surface area contributed by atoms with E-state index in [1.165, 1.54) is 12.1 Å². The van der Waals surface area contributed by atoms with Gasteiger partial charge in [-0.2, -0.15) is 0 Å². The average molecular weight is 344 g/mol. The number of ether oxygens (including phenoxy) is 1. The monoisotopic (exact) mass is 344 g/mol. The molecule has 0 aromatic heterocycles. The molecule has 0 aliphatic heterocycles. The van der Waals surface area contributed by atoms with Gasteiger partial charge < -0.3 is 10.1 Å². The van der Waals surface area contributed by atoms with E-state index < -0.39 is 0 Å². The smallest absolute Gasteiger partial charge is 0.234 e. The van der Waals surface area contributed by atoms with Gasteiger partial charge in [-0.05, 0) is 55.8 Å². The molecule has 0 aliphatic carbocycles. The third-order valence-corrected chi connectivity index (χ3v) is 3.75. The molecule has 2 aromatic carbocycles. The van der Waals surface area contributed by atoms with Crippen molar-refractivity contribution in [1.29, 1.82) is 0 Å². The van der Waals surface area contributed by atoms with Gasteiger partial charge in [-0.3, -0.25) is 9.69 Å². The average Bonchev–Trinajstić information content (AvgIpc) is 2.58. The summed E-state index contributed by atoms with van der Waals surface area (Å²) in [6.07, 6.45) is 0.689. The van der Waals surface area contributed by atoms with Crippen LogP contribution >= 0.6 is 0 Å². The van der Waals surface area contributed by atoms with Crippen LogP contribution in [0.25, 0.3) is 0 Å². The largest absolute Gasteiger partial charge is 0.494 e. The number of benzene rings is 2. The van der Waals surface area contributed by atoms with Gasteiger partial charge in [0, 0.05) is 13.1 Å². The first-order valence-corrected chi connectivity index (χ1v) is 8.48. The molecule has 0 saturated carbocycles. The van der Waals surface area contributed by atoms with Gasteiger partial charge in [-0.25, -0.2) is 4.39 Å². The Bertz CT molecular complexity index is 656. The molecular formula is C20H25FN2O2. The summed E-state index contributed by atoms with van der Waals surface area (Å²) >= 11 is 0. The first kappa shape index (κ1) is 18.9. The van der Waals surface area contributed by atoms with Gasteiger partial charge in [0.05, 0.1) is 13.2 Å². The highest BCUT2D eigenvalue weighted by Gasteiger charge is 2.07. The summed E-state index contributed by atoms with van der Waals surface area (Å²) in [6.45, 7) is 4.17. The summed E-state index contributed by atoms with van der Waals surface area (Å²) in [5.41, 5.74) is 2.13. The van der Waals surface area contributed by atoms with Crippen LogP contribution in [0, 0.1) is 5.82 Å². The Morgan fingerprint density at radius 2 is 1.72 bits per heavy atom. The van der Waals surface area contributed by atoms with Gasteiger partial charge in [0.2, 0.25) is 5.91 Å². The zero-order valence-electron chi connectivity index (χ0n) is 14.8. The van der Waals surface area contributed by atoms with Crippen molar-refractivity contribution in [3.8, 4) is 5.75 Å². The van der Waals surface area contributed by atoms with E-state index in [1.807, 2.05) is 43.1 Å². The fraction of sp³-hybridized carbons (Fsp3) is 0.350. The lowest BCUT2D eigenvalue weighted by atomic mass is 10.1. The molecule has 0 saturated heterocycles. The van der Waals surface area contributed by atoms with Crippen molar-refractivity contribution in [1.82, 2.24) is 10.2 Å². The van der Waals surface area contributed by atoms with Gasteiger partial charge >= 0.3 is 0 Å². The number of carbonyl (C=O) groups is 1. The van der Waals surface area contributed by atoms with Gasteiger partial charge in [0.1, 0.15) is 11.6 Å². The summed E-state index contributed by atoms with van der Waals surface area (Å²) in [5, 5.41) is 2.89. The summed E-state index contributed by atoms with van der Waals surface area (Å²) in [5.74, 6) is 0.590. The first-order valence-electron chi connectivity index (χ1n) is 8.48. The molecule has 0 bridgehead atoms. The van der Waals surface area contributed by atoms with Crippen LogP contribution < -0.4 is 10.1 Å². The van der Waals surface area contributed by atoms with E-state index in [4.69, 9.17) is 4.74 Å². The van der Waals surface area contributed by atoms with E-state index in [-0.39, 0.29) is 11.7 Å². The van der Waals surface area contributed by atoms with E-state index >= 15 is 0 Å². The van der Waals surface area contributed by atoms with Crippen LogP contribution in [0.3, 0.4) is 0 Å². The summed E-state index contributed by atoms with van der Waals surface area (Å²) in [6, 6.07) is 14.2. The fourth-order valence-corrected chi connectivity index (χ4v) is 2.52. The third-order valence-electron chi connectivity index (χ3n) is 3.75. The molecule has 2 rings (SSSR count). The topological polar surface area (TPSA) is 41.6 Å². The summed E-state index contributed by atoms with van der Waals surface area (Å²) in [7, 11) is 1.91. The maximum atomic E-state index is 12.8. The number of nitrogens with zero attached hydrogens (tertiary/aromatic N) is 1. The van der Waals surface area contributed by atoms with Crippen molar-refractivity contribution in [2.75, 3.05) is 26.7 Å². The molecule has 1 amide bonds. The van der Waals surface area contributed by atoms with E-state index in [1.54, 1.807) is 12.1 Å². The van der Waals surface area contributed by atoms with Crippen LogP contribution in [0.15, 0.2) is 48.5 Å². The van der Waals surface area contributed by atoms with Gasteiger partial charge in [-0.15, -0.1) is 0 Å². The summed E-state index contributed by atoms with van der Waals surface area (Å²) in [4.78, 5) is 14.0. The number of likely N-dealkylation sites (N-methyl/N-ethyl adjacent to an activating group) is 1. The molecule has 0 fully saturated rings. The molecule has 0 atom stereocenters. The molecule has 0 spiro atoms. The Hall–Kier alpha value is -2.40. The highest BCUT2D eigenvalue weighted by molar-refractivity contribution is 5.77. The minimum Gasteiger partial charge on any atom is -0.494 e. The van der Waals surface area contributed by atoms with Crippen molar-refractivity contribution in [2.45, 2.75) is 19.9 Å². The lowest BCUT2D eigenvalue weighted by molar-refractivity contribution is -0.122. The Labute approximate surface area is 148 Å². The predicted octanol–water partition coefficient (Wildman–Crippen LogP) is 3.02. The number of hydrogen-bond acceptors (Lipinski definition) is 3. The van der Waals surface area contributed by atoms with Gasteiger partial charge in [0.15, 0.2) is 0 Å². The number of amides is 1. The molecule has 5 heteroatoms. The molecule has 2 aromatic rings. The number of halogens is 1. The van der Waals surface area contributed by atoms with Gasteiger partial charge in [0.25, 0.3) is 0 Å². The van der Waals surface area contributed by atoms with Crippen LogP contribution in [0.2, 0.25) is 0 Å². The van der Waals surface area contributed by atoms with Crippen molar-refractivity contribution in [2.24, 2.45) is 0 Å². The van der Waals surface area contributed by atoms with Crippen LogP contribution in [0.1, 0.15) is 18.1 Å². The predicted molar refractivity (Wildman–Crippen MR) is 97.1 cm³/mol. The zero-order valence-corrected chi connectivity index (χ0v) is 14.8. The minimum atomic E-state index is -0.247. The first-order chi connectivity index (χ1) is 12.1. The lowest BCUT2D eigenvalue weighted by Gasteiger charge is -2.16. The van der Waals surface area contributed by atoms with Crippen molar-refractivity contribution < 1.29 is 13.9 Å². The molecule has 0 heterocycles. The molecule has 0 aliphatic rings. The normalized spacial score (nSPS) is 10.7. The SMILES string of the molecule is CCOc1ccc(CN(C)CC(=O)NCCc2ccc(F)cc2)cc1. The van der Waals surface area contributed by atoms with Crippen LogP contribution in [0.4, 0.5) is 4.39 Å². The number of rotatable bonds is 9. The molecule has 0 unspecified atom stereocenters. The molecule has 0 radical (unpaired) electrons. The molecule has 25 heavy (non-hydrogen) atoms. The molecule has 134 valence electrons. The Morgan fingerprint density at radius 3 is 2.36 bits per heavy atom. The van der Waals surface area contributed by atoms with E-state index in [2.05, 4.69) is 5.32 Å². The standard InChI is InChI=1S/C20H25FN2O2/c1-3-25-19-10-6-17(7-11-19)14-23(2)15-20(24)22-13-12-16-4-8-18(21)9-5-16/h4-11H,3,12-15H2,1-2H3,(H,22,24). The number of carbonyl (C=O) groups excluding carboxylic acids is 1. The van der Waals surface area contributed by atoms with Crippen molar-refractivity contribution in [3.05, 3.63) is 65.5 Å². The minimum absolute atomic E-state index is 0.0180. The van der Waals surface area contributed by atoms with Crippen molar-refractivity contribution >= 4 is 5.91 Å². The maximum absolute atomic E-state index is 12.8. The lowest BCUT2D eigenvalue weighted by Crippen LogP contribution is -2.35. The summed E-state index contributed by atoms with van der Waals surface area (Å²) < 4.78 is 18.3. The molecular weight excluding hydrogens is 319 g/mol. The fourth-order valence-electron chi connectivity index (χ4n) is 2.52. The second-order valence-electron chi connectivity index (χ2n) is 5.98. The van der Waals surface area contributed by atoms with Crippen molar-refractivity contribution in [3.63, 3.8) is 0 Å². The Balaban J connectivity index is 1.69. The van der Waals surface area contributed by atoms with Gasteiger partial charge in [-0.1, -0.05) is 24.3 Å². The number of hydrogen-bond donors (Lipinski definition) is 1. The highest BCUT2D eigenvalue weighted by atomic mass is 19.1. The van der Waals surface area contributed by atoms with Crippen LogP contribution in [0.5, 0.6) is 5.75 Å². The Kier molecular flexibility index (Phi) is 7.41. The number of nitrogens with one attached hydrogen (secondary N) is 1. The zero-order chi connectivity index (χ0) is 18.1.